The molecule has 0 aromatic rings. The highest BCUT2D eigenvalue weighted by Gasteiger charge is 2.09. The average molecular weight is 189 g/mol. The lowest BCUT2D eigenvalue weighted by molar-refractivity contribution is -0.140. The fraction of sp³-hybridized carbons (Fsp3) is 0.889. The van der Waals surface area contributed by atoms with Gasteiger partial charge in [0.25, 0.3) is 0 Å². The highest BCUT2D eigenvalue weighted by atomic mass is 16.7. The van der Waals surface area contributed by atoms with Gasteiger partial charge in [-0.15, -0.1) is 0 Å². The number of methoxy groups -OCH3 is 1. The smallest absolute Gasteiger partial charge is 0.305 e. The topological polar surface area (TPSA) is 47.6 Å². The van der Waals surface area contributed by atoms with E-state index in [0.29, 0.717) is 13.0 Å². The van der Waals surface area contributed by atoms with E-state index in [0.717, 1.165) is 6.42 Å². The Morgan fingerprint density at radius 1 is 1.38 bits per heavy atom. The van der Waals surface area contributed by atoms with Crippen LogP contribution in [0.3, 0.4) is 0 Å². The SMILES string of the molecule is COC(=O)CCCNOC(C)(C)C. The summed E-state index contributed by atoms with van der Waals surface area (Å²) in [5, 5.41) is 0. The van der Waals surface area contributed by atoms with E-state index in [-0.39, 0.29) is 11.6 Å². The maximum absolute atomic E-state index is 10.7. The van der Waals surface area contributed by atoms with Gasteiger partial charge in [0.15, 0.2) is 0 Å². The second-order valence-corrected chi connectivity index (χ2v) is 3.79. The van der Waals surface area contributed by atoms with Crippen LogP contribution in [-0.2, 0) is 14.4 Å². The van der Waals surface area contributed by atoms with Gasteiger partial charge >= 0.3 is 5.97 Å². The summed E-state index contributed by atoms with van der Waals surface area (Å²) in [5.41, 5.74) is 2.61. The van der Waals surface area contributed by atoms with Crippen LogP contribution in [0.25, 0.3) is 0 Å². The van der Waals surface area contributed by atoms with Crippen molar-refractivity contribution in [2.45, 2.75) is 39.2 Å². The van der Waals surface area contributed by atoms with Gasteiger partial charge in [-0.25, -0.2) is 5.48 Å². The number of carbonyl (C=O) groups is 1. The van der Waals surface area contributed by atoms with Gasteiger partial charge in [-0.2, -0.15) is 0 Å². The van der Waals surface area contributed by atoms with Crippen molar-refractivity contribution < 1.29 is 14.4 Å². The van der Waals surface area contributed by atoms with Crippen molar-refractivity contribution in [2.75, 3.05) is 13.7 Å². The highest BCUT2D eigenvalue weighted by Crippen LogP contribution is 2.03. The molecule has 13 heavy (non-hydrogen) atoms. The van der Waals surface area contributed by atoms with Crippen molar-refractivity contribution in [1.29, 1.82) is 0 Å². The summed E-state index contributed by atoms with van der Waals surface area (Å²) in [7, 11) is 1.39. The number of ether oxygens (including phenoxy) is 1. The van der Waals surface area contributed by atoms with E-state index in [9.17, 15) is 4.79 Å². The molecule has 4 heteroatoms. The zero-order chi connectivity index (χ0) is 10.3. The predicted octanol–water partition coefficient (Wildman–Crippen LogP) is 1.26. The summed E-state index contributed by atoms with van der Waals surface area (Å²) in [6, 6.07) is 0. The van der Waals surface area contributed by atoms with E-state index >= 15 is 0 Å². The maximum Gasteiger partial charge on any atom is 0.305 e. The molecular formula is C9H19NO3. The van der Waals surface area contributed by atoms with Crippen molar-refractivity contribution in [3.63, 3.8) is 0 Å². The minimum absolute atomic E-state index is 0.183. The van der Waals surface area contributed by atoms with E-state index in [2.05, 4.69) is 10.2 Å². The standard InChI is InChI=1S/C9H19NO3/c1-9(2,3)13-10-7-5-6-8(11)12-4/h10H,5-7H2,1-4H3. The fourth-order valence-corrected chi connectivity index (χ4v) is 0.674. The number of hydrogen-bond donors (Lipinski definition) is 1. The van der Waals surface area contributed by atoms with Gasteiger partial charge in [0.05, 0.1) is 12.7 Å². The molecule has 0 fully saturated rings. The summed E-state index contributed by atoms with van der Waals surface area (Å²) in [5.74, 6) is -0.183. The number of hydrogen-bond acceptors (Lipinski definition) is 4. The summed E-state index contributed by atoms with van der Waals surface area (Å²) in [6.45, 7) is 6.54. The summed E-state index contributed by atoms with van der Waals surface area (Å²) in [6.07, 6.45) is 1.15. The van der Waals surface area contributed by atoms with Crippen LogP contribution in [0, 0.1) is 0 Å². The normalized spacial score (nSPS) is 11.4. The van der Waals surface area contributed by atoms with Crippen LogP contribution < -0.4 is 5.48 Å². The molecule has 78 valence electrons. The maximum atomic E-state index is 10.7. The Morgan fingerprint density at radius 2 is 2.00 bits per heavy atom. The van der Waals surface area contributed by atoms with Crippen molar-refractivity contribution in [3.8, 4) is 0 Å². The molecule has 0 rings (SSSR count). The van der Waals surface area contributed by atoms with Gasteiger partial charge < -0.3 is 4.74 Å². The van der Waals surface area contributed by atoms with E-state index in [1.165, 1.54) is 7.11 Å². The first-order chi connectivity index (χ1) is 5.95. The largest absolute Gasteiger partial charge is 0.469 e. The van der Waals surface area contributed by atoms with Gasteiger partial charge in [-0.3, -0.25) is 9.63 Å². The quantitative estimate of drug-likeness (QED) is 0.402. The predicted molar refractivity (Wildman–Crippen MR) is 50.1 cm³/mol. The van der Waals surface area contributed by atoms with Crippen LogP contribution in [0.4, 0.5) is 0 Å². The minimum Gasteiger partial charge on any atom is -0.469 e. The number of rotatable bonds is 5. The number of esters is 1. The van der Waals surface area contributed by atoms with Gasteiger partial charge in [-0.05, 0) is 27.2 Å². The molecule has 1 N–H and O–H groups in total. The van der Waals surface area contributed by atoms with Crippen molar-refractivity contribution in [1.82, 2.24) is 5.48 Å². The summed E-state index contributed by atoms with van der Waals surface area (Å²) in [4.78, 5) is 15.9. The van der Waals surface area contributed by atoms with Crippen LogP contribution in [0.1, 0.15) is 33.6 Å². The first-order valence-electron chi connectivity index (χ1n) is 4.43. The molecular weight excluding hydrogens is 170 g/mol. The molecule has 0 aliphatic heterocycles. The lowest BCUT2D eigenvalue weighted by Crippen LogP contribution is -2.29. The Hall–Kier alpha value is -0.610. The van der Waals surface area contributed by atoms with Crippen molar-refractivity contribution >= 4 is 5.97 Å². The molecule has 0 saturated carbocycles. The lowest BCUT2D eigenvalue weighted by Gasteiger charge is -2.19. The molecule has 0 saturated heterocycles. The Balaban J connectivity index is 3.22. The van der Waals surface area contributed by atoms with E-state index < -0.39 is 0 Å². The summed E-state index contributed by atoms with van der Waals surface area (Å²) >= 11 is 0. The van der Waals surface area contributed by atoms with Gasteiger partial charge in [-0.1, -0.05) is 0 Å². The van der Waals surface area contributed by atoms with Crippen molar-refractivity contribution in [2.24, 2.45) is 0 Å². The third kappa shape index (κ3) is 9.30. The third-order valence-electron chi connectivity index (χ3n) is 1.27. The van der Waals surface area contributed by atoms with Gasteiger partial charge in [0.2, 0.25) is 0 Å². The molecule has 0 unspecified atom stereocenters. The molecule has 0 aliphatic carbocycles. The first-order valence-corrected chi connectivity index (χ1v) is 4.43. The second-order valence-electron chi connectivity index (χ2n) is 3.79. The fourth-order valence-electron chi connectivity index (χ4n) is 0.674. The van der Waals surface area contributed by atoms with Gasteiger partial charge in [0.1, 0.15) is 0 Å². The molecule has 0 amide bonds. The molecule has 0 spiro atoms. The lowest BCUT2D eigenvalue weighted by atomic mass is 10.2. The Morgan fingerprint density at radius 3 is 2.46 bits per heavy atom. The van der Waals surface area contributed by atoms with Crippen LogP contribution in [0.5, 0.6) is 0 Å². The molecule has 0 radical (unpaired) electrons. The number of hydroxylamine groups is 1. The van der Waals surface area contributed by atoms with Crippen LogP contribution in [-0.4, -0.2) is 25.2 Å². The molecule has 0 aromatic carbocycles. The Bertz CT molecular complexity index is 151. The zero-order valence-corrected chi connectivity index (χ0v) is 8.85. The molecule has 0 heterocycles. The minimum atomic E-state index is -0.189. The number of carbonyl (C=O) groups excluding carboxylic acids is 1. The second kappa shape index (κ2) is 5.94. The zero-order valence-electron chi connectivity index (χ0n) is 8.85. The third-order valence-corrected chi connectivity index (χ3v) is 1.27. The first kappa shape index (κ1) is 12.4. The van der Waals surface area contributed by atoms with E-state index in [4.69, 9.17) is 4.84 Å². The highest BCUT2D eigenvalue weighted by molar-refractivity contribution is 5.68. The van der Waals surface area contributed by atoms with Crippen LogP contribution in [0.15, 0.2) is 0 Å². The van der Waals surface area contributed by atoms with E-state index in [1.54, 1.807) is 0 Å². The Kier molecular flexibility index (Phi) is 5.66. The Labute approximate surface area is 79.6 Å². The van der Waals surface area contributed by atoms with Crippen LogP contribution in [0.2, 0.25) is 0 Å². The summed E-state index contributed by atoms with van der Waals surface area (Å²) < 4.78 is 4.49. The van der Waals surface area contributed by atoms with Gasteiger partial charge in [0, 0.05) is 13.0 Å². The molecule has 0 atom stereocenters. The molecule has 0 aromatic heterocycles. The number of nitrogens with one attached hydrogen (secondary N) is 1. The average Bonchev–Trinajstić information content (AvgIpc) is 2.01. The molecule has 0 aliphatic rings. The van der Waals surface area contributed by atoms with Crippen LogP contribution >= 0.6 is 0 Å². The van der Waals surface area contributed by atoms with E-state index in [1.807, 2.05) is 20.8 Å². The molecule has 4 nitrogen and oxygen atoms in total. The monoisotopic (exact) mass is 189 g/mol. The molecule has 0 bridgehead atoms. The van der Waals surface area contributed by atoms with Crippen molar-refractivity contribution in [3.05, 3.63) is 0 Å².